The van der Waals surface area contributed by atoms with Gasteiger partial charge in [0.15, 0.2) is 0 Å². The number of pyridine rings is 1. The molecule has 10 heteroatoms. The average Bonchev–Trinajstić information content (AvgIpc) is 3.25. The Kier molecular flexibility index (Phi) is 6.22. The Bertz CT molecular complexity index is 1070. The Morgan fingerprint density at radius 1 is 1.23 bits per heavy atom. The monoisotopic (exact) mass is 449 g/mol. The normalized spacial score (nSPS) is 20.1. The summed E-state index contributed by atoms with van der Waals surface area (Å²) < 4.78 is 52.2. The van der Waals surface area contributed by atoms with E-state index in [0.717, 1.165) is 6.07 Å². The Labute approximate surface area is 180 Å². The molecule has 2 aliphatic heterocycles. The minimum atomic E-state index is -3.84. The third kappa shape index (κ3) is 4.56. The largest absolute Gasteiger partial charge is 0.472 e. The Morgan fingerprint density at radius 3 is 2.74 bits per heavy atom. The van der Waals surface area contributed by atoms with E-state index in [9.17, 15) is 17.6 Å². The fourth-order valence-electron chi connectivity index (χ4n) is 3.64. The SMILES string of the molecule is Cc1ccc(S(=O)(=O)N2CCC(Oc3ncccc3C(=O)N3CCOCC3)C2)cc1F. The van der Waals surface area contributed by atoms with Gasteiger partial charge in [-0.15, -0.1) is 0 Å². The molecule has 8 nitrogen and oxygen atoms in total. The molecule has 1 atom stereocenters. The van der Waals surface area contributed by atoms with Crippen molar-refractivity contribution in [2.24, 2.45) is 0 Å². The van der Waals surface area contributed by atoms with Crippen LogP contribution in [0.5, 0.6) is 5.88 Å². The number of carbonyl (C=O) groups excluding carboxylic acids is 1. The molecular weight excluding hydrogens is 425 g/mol. The second-order valence-electron chi connectivity index (χ2n) is 7.56. The van der Waals surface area contributed by atoms with Crippen molar-refractivity contribution >= 4 is 15.9 Å². The highest BCUT2D eigenvalue weighted by Crippen LogP contribution is 2.26. The Hall–Kier alpha value is -2.56. The van der Waals surface area contributed by atoms with E-state index < -0.39 is 21.9 Å². The van der Waals surface area contributed by atoms with E-state index in [1.807, 2.05) is 0 Å². The molecule has 31 heavy (non-hydrogen) atoms. The fraction of sp³-hybridized carbons (Fsp3) is 0.429. The van der Waals surface area contributed by atoms with Crippen molar-refractivity contribution in [2.75, 3.05) is 39.4 Å². The summed E-state index contributed by atoms with van der Waals surface area (Å²) in [6.45, 7) is 3.87. The number of hydrogen-bond donors (Lipinski definition) is 0. The van der Waals surface area contributed by atoms with Gasteiger partial charge in [0.25, 0.3) is 5.91 Å². The van der Waals surface area contributed by atoms with Gasteiger partial charge in [-0.3, -0.25) is 4.79 Å². The van der Waals surface area contributed by atoms with Gasteiger partial charge in [-0.1, -0.05) is 6.07 Å². The van der Waals surface area contributed by atoms with Crippen molar-refractivity contribution in [3.63, 3.8) is 0 Å². The van der Waals surface area contributed by atoms with E-state index >= 15 is 0 Å². The zero-order valence-corrected chi connectivity index (χ0v) is 18.0. The van der Waals surface area contributed by atoms with Crippen LogP contribution >= 0.6 is 0 Å². The molecular formula is C21H24FN3O5S. The summed E-state index contributed by atoms with van der Waals surface area (Å²) >= 11 is 0. The highest BCUT2D eigenvalue weighted by Gasteiger charge is 2.35. The maximum absolute atomic E-state index is 13.9. The highest BCUT2D eigenvalue weighted by molar-refractivity contribution is 7.89. The van der Waals surface area contributed by atoms with Crippen molar-refractivity contribution in [2.45, 2.75) is 24.3 Å². The van der Waals surface area contributed by atoms with Crippen molar-refractivity contribution in [3.8, 4) is 5.88 Å². The summed E-state index contributed by atoms with van der Waals surface area (Å²) in [5.41, 5.74) is 0.723. The summed E-state index contributed by atoms with van der Waals surface area (Å²) in [5.74, 6) is -0.568. The third-order valence-electron chi connectivity index (χ3n) is 5.47. The molecule has 0 radical (unpaired) electrons. The van der Waals surface area contributed by atoms with Crippen LogP contribution in [-0.2, 0) is 14.8 Å². The molecule has 1 amide bonds. The molecule has 1 aromatic heterocycles. The van der Waals surface area contributed by atoms with Crippen LogP contribution in [0, 0.1) is 12.7 Å². The summed E-state index contributed by atoms with van der Waals surface area (Å²) in [4.78, 5) is 18.7. The quantitative estimate of drug-likeness (QED) is 0.692. The van der Waals surface area contributed by atoms with Crippen LogP contribution in [0.25, 0.3) is 0 Å². The molecule has 0 aliphatic carbocycles. The van der Waals surface area contributed by atoms with Gasteiger partial charge >= 0.3 is 0 Å². The van der Waals surface area contributed by atoms with Crippen LogP contribution < -0.4 is 4.74 Å². The zero-order valence-electron chi connectivity index (χ0n) is 17.2. The molecule has 2 aromatic rings. The van der Waals surface area contributed by atoms with Gasteiger partial charge in [0.05, 0.1) is 24.7 Å². The number of carbonyl (C=O) groups is 1. The van der Waals surface area contributed by atoms with Crippen LogP contribution in [0.15, 0.2) is 41.4 Å². The van der Waals surface area contributed by atoms with Gasteiger partial charge in [-0.05, 0) is 43.2 Å². The van der Waals surface area contributed by atoms with Crippen LogP contribution in [0.3, 0.4) is 0 Å². The molecule has 2 fully saturated rings. The minimum absolute atomic E-state index is 0.0859. The summed E-state index contributed by atoms with van der Waals surface area (Å²) in [6.07, 6.45) is 1.51. The predicted molar refractivity (Wildman–Crippen MR) is 110 cm³/mol. The van der Waals surface area contributed by atoms with Crippen LogP contribution in [-0.4, -0.2) is 74.0 Å². The second kappa shape index (κ2) is 8.89. The van der Waals surface area contributed by atoms with E-state index in [4.69, 9.17) is 9.47 Å². The number of hydrogen-bond acceptors (Lipinski definition) is 6. The lowest BCUT2D eigenvalue weighted by Gasteiger charge is -2.27. The number of sulfonamides is 1. The fourth-order valence-corrected chi connectivity index (χ4v) is 5.14. The molecule has 0 saturated carbocycles. The number of ether oxygens (including phenoxy) is 2. The average molecular weight is 450 g/mol. The summed E-state index contributed by atoms with van der Waals surface area (Å²) in [5, 5.41) is 0. The first kappa shape index (κ1) is 21.7. The molecule has 4 rings (SSSR count). The lowest BCUT2D eigenvalue weighted by atomic mass is 10.2. The zero-order chi connectivity index (χ0) is 22.0. The number of halogens is 1. The maximum atomic E-state index is 13.9. The van der Waals surface area contributed by atoms with E-state index in [1.54, 1.807) is 24.0 Å². The molecule has 0 spiro atoms. The number of morpholine rings is 1. The van der Waals surface area contributed by atoms with Gasteiger partial charge in [0.1, 0.15) is 17.5 Å². The first-order chi connectivity index (χ1) is 14.9. The molecule has 3 heterocycles. The minimum Gasteiger partial charge on any atom is -0.472 e. The van der Waals surface area contributed by atoms with Gasteiger partial charge in [-0.25, -0.2) is 17.8 Å². The number of nitrogens with zero attached hydrogens (tertiary/aromatic N) is 3. The molecule has 1 unspecified atom stereocenters. The number of benzene rings is 1. The van der Waals surface area contributed by atoms with Crippen molar-refractivity contribution < 1.29 is 27.1 Å². The van der Waals surface area contributed by atoms with Gasteiger partial charge in [-0.2, -0.15) is 4.31 Å². The predicted octanol–water partition coefficient (Wildman–Crippen LogP) is 1.84. The molecule has 0 bridgehead atoms. The number of rotatable bonds is 5. The van der Waals surface area contributed by atoms with Crippen LogP contribution in [0.4, 0.5) is 4.39 Å². The standard InChI is InChI=1S/C21H24FN3O5S/c1-15-4-5-17(13-19(15)22)31(27,28)25-8-6-16(14-25)30-20-18(3-2-7-23-20)21(26)24-9-11-29-12-10-24/h2-5,7,13,16H,6,8-12,14H2,1H3. The Balaban J connectivity index is 1.47. The summed E-state index contributed by atoms with van der Waals surface area (Å²) in [6, 6.07) is 7.21. The molecule has 2 aliphatic rings. The van der Waals surface area contributed by atoms with Gasteiger partial charge in [0.2, 0.25) is 15.9 Å². The van der Waals surface area contributed by atoms with Crippen LogP contribution in [0.2, 0.25) is 0 Å². The topological polar surface area (TPSA) is 89.0 Å². The molecule has 2 saturated heterocycles. The highest BCUT2D eigenvalue weighted by atomic mass is 32.2. The molecule has 0 N–H and O–H groups in total. The molecule has 1 aromatic carbocycles. The third-order valence-corrected chi connectivity index (χ3v) is 7.33. The number of aromatic nitrogens is 1. The van der Waals surface area contributed by atoms with Crippen molar-refractivity contribution in [3.05, 3.63) is 53.5 Å². The Morgan fingerprint density at radius 2 is 2.00 bits per heavy atom. The van der Waals surface area contributed by atoms with Gasteiger partial charge < -0.3 is 14.4 Å². The summed E-state index contributed by atoms with van der Waals surface area (Å²) in [7, 11) is -3.84. The van der Waals surface area contributed by atoms with E-state index in [0.29, 0.717) is 43.9 Å². The van der Waals surface area contributed by atoms with Crippen LogP contribution in [0.1, 0.15) is 22.3 Å². The lowest BCUT2D eigenvalue weighted by molar-refractivity contribution is 0.0298. The van der Waals surface area contributed by atoms with E-state index in [-0.39, 0.29) is 29.8 Å². The molecule has 166 valence electrons. The van der Waals surface area contributed by atoms with E-state index in [2.05, 4.69) is 4.98 Å². The number of amides is 1. The smallest absolute Gasteiger partial charge is 0.259 e. The van der Waals surface area contributed by atoms with Gasteiger partial charge in [0, 0.05) is 25.8 Å². The lowest BCUT2D eigenvalue weighted by Crippen LogP contribution is -2.41. The first-order valence-corrected chi connectivity index (χ1v) is 11.6. The maximum Gasteiger partial charge on any atom is 0.259 e. The number of aryl methyl sites for hydroxylation is 1. The van der Waals surface area contributed by atoms with E-state index in [1.165, 1.54) is 22.6 Å². The second-order valence-corrected chi connectivity index (χ2v) is 9.50. The van der Waals surface area contributed by atoms with Crippen molar-refractivity contribution in [1.82, 2.24) is 14.2 Å². The van der Waals surface area contributed by atoms with Crippen molar-refractivity contribution in [1.29, 1.82) is 0 Å². The first-order valence-electron chi connectivity index (χ1n) is 10.1.